The maximum atomic E-state index is 11.8. The van der Waals surface area contributed by atoms with E-state index in [0.29, 0.717) is 18.6 Å². The number of benzene rings is 1. The lowest BCUT2D eigenvalue weighted by Gasteiger charge is -2.10. The first-order valence-electron chi connectivity index (χ1n) is 6.48. The van der Waals surface area contributed by atoms with Crippen LogP contribution in [-0.2, 0) is 27.1 Å². The van der Waals surface area contributed by atoms with Crippen molar-refractivity contribution in [2.75, 3.05) is 13.7 Å². The molecule has 104 valence electrons. The highest BCUT2D eigenvalue weighted by Gasteiger charge is 2.14. The van der Waals surface area contributed by atoms with E-state index in [1.165, 1.54) is 7.11 Å². The Balaban J connectivity index is 2.95. The molecule has 0 aromatic heterocycles. The molecule has 0 saturated heterocycles. The number of hydrogen-bond acceptors (Lipinski definition) is 4. The molecule has 0 amide bonds. The Morgan fingerprint density at radius 1 is 1.21 bits per heavy atom. The lowest BCUT2D eigenvalue weighted by atomic mass is 9.99. The van der Waals surface area contributed by atoms with Crippen LogP contribution in [0, 0.1) is 0 Å². The molecule has 0 fully saturated rings. The third kappa shape index (κ3) is 4.39. The van der Waals surface area contributed by atoms with Crippen molar-refractivity contribution in [1.82, 2.24) is 0 Å². The highest BCUT2D eigenvalue weighted by molar-refractivity contribution is 5.91. The van der Waals surface area contributed by atoms with Gasteiger partial charge in [0.05, 0.1) is 19.3 Å². The van der Waals surface area contributed by atoms with Crippen LogP contribution in [0.3, 0.4) is 0 Å². The summed E-state index contributed by atoms with van der Waals surface area (Å²) >= 11 is 0. The van der Waals surface area contributed by atoms with Gasteiger partial charge in [-0.3, -0.25) is 4.79 Å². The fourth-order valence-corrected chi connectivity index (χ4v) is 1.82. The minimum absolute atomic E-state index is 0.260. The Morgan fingerprint density at radius 2 is 1.95 bits per heavy atom. The van der Waals surface area contributed by atoms with Crippen molar-refractivity contribution < 1.29 is 19.1 Å². The van der Waals surface area contributed by atoms with Crippen LogP contribution < -0.4 is 0 Å². The predicted molar refractivity (Wildman–Crippen MR) is 72.1 cm³/mol. The molecule has 0 heterocycles. The third-order valence-electron chi connectivity index (χ3n) is 2.90. The summed E-state index contributed by atoms with van der Waals surface area (Å²) in [4.78, 5) is 23.0. The minimum Gasteiger partial charge on any atom is -0.469 e. The number of carbonyl (C=O) groups excluding carboxylic acids is 2. The molecule has 1 aromatic carbocycles. The van der Waals surface area contributed by atoms with E-state index in [1.54, 1.807) is 13.0 Å². The maximum Gasteiger partial charge on any atom is 0.338 e. The average Bonchev–Trinajstić information content (AvgIpc) is 2.44. The second-order valence-corrected chi connectivity index (χ2v) is 4.14. The van der Waals surface area contributed by atoms with Crippen LogP contribution in [0.4, 0.5) is 0 Å². The van der Waals surface area contributed by atoms with Crippen LogP contribution in [-0.4, -0.2) is 25.7 Å². The molecule has 0 aliphatic heterocycles. The van der Waals surface area contributed by atoms with Gasteiger partial charge < -0.3 is 9.47 Å². The summed E-state index contributed by atoms with van der Waals surface area (Å²) in [5.74, 6) is -0.623. The number of esters is 2. The van der Waals surface area contributed by atoms with Crippen molar-refractivity contribution in [2.45, 2.75) is 33.1 Å². The first-order valence-corrected chi connectivity index (χ1v) is 6.48. The fourth-order valence-electron chi connectivity index (χ4n) is 1.82. The van der Waals surface area contributed by atoms with Crippen molar-refractivity contribution in [1.29, 1.82) is 0 Å². The van der Waals surface area contributed by atoms with Gasteiger partial charge in [0.2, 0.25) is 0 Å². The molecule has 0 saturated carbocycles. The fraction of sp³-hybridized carbons (Fsp3) is 0.467. The van der Waals surface area contributed by atoms with Gasteiger partial charge in [-0.15, -0.1) is 0 Å². The van der Waals surface area contributed by atoms with Crippen LogP contribution in [0.1, 0.15) is 41.8 Å². The number of carbonyl (C=O) groups is 2. The van der Waals surface area contributed by atoms with Crippen LogP contribution in [0.25, 0.3) is 0 Å². The van der Waals surface area contributed by atoms with E-state index in [1.807, 2.05) is 19.1 Å². The van der Waals surface area contributed by atoms with Gasteiger partial charge >= 0.3 is 11.9 Å². The van der Waals surface area contributed by atoms with Crippen LogP contribution in [0.2, 0.25) is 0 Å². The third-order valence-corrected chi connectivity index (χ3v) is 2.90. The maximum absolute atomic E-state index is 11.8. The molecule has 1 aromatic rings. The van der Waals surface area contributed by atoms with E-state index in [4.69, 9.17) is 4.74 Å². The summed E-state index contributed by atoms with van der Waals surface area (Å²) in [6.07, 6.45) is 1.62. The second-order valence-electron chi connectivity index (χ2n) is 4.14. The van der Waals surface area contributed by atoms with Crippen molar-refractivity contribution in [3.05, 3.63) is 34.9 Å². The topological polar surface area (TPSA) is 52.6 Å². The zero-order chi connectivity index (χ0) is 14.3. The van der Waals surface area contributed by atoms with Gasteiger partial charge in [0.15, 0.2) is 0 Å². The second kappa shape index (κ2) is 7.56. The number of hydrogen-bond donors (Lipinski definition) is 0. The molecule has 0 N–H and O–H groups in total. The number of aryl methyl sites for hydroxylation is 2. The lowest BCUT2D eigenvalue weighted by Crippen LogP contribution is -2.10. The first-order chi connectivity index (χ1) is 9.12. The summed E-state index contributed by atoms with van der Waals surface area (Å²) in [6.45, 7) is 4.15. The minimum atomic E-state index is -0.343. The van der Waals surface area contributed by atoms with Crippen LogP contribution in [0.15, 0.2) is 18.2 Å². The normalized spacial score (nSPS) is 10.1. The molecule has 4 heteroatoms. The molecular formula is C15H20O4. The van der Waals surface area contributed by atoms with E-state index in [0.717, 1.165) is 17.5 Å². The molecular weight excluding hydrogens is 244 g/mol. The lowest BCUT2D eigenvalue weighted by molar-refractivity contribution is -0.140. The SMILES string of the molecule is CCOC(=O)c1ccc(CC)cc1CCC(=O)OC. The number of ether oxygens (including phenoxy) is 2. The Bertz CT molecular complexity index is 451. The standard InChI is InChI=1S/C15H20O4/c1-4-11-6-8-13(15(17)19-5-2)12(10-11)7-9-14(16)18-3/h6,8,10H,4-5,7,9H2,1-3H3. The molecule has 0 radical (unpaired) electrons. The molecule has 0 unspecified atom stereocenters. The van der Waals surface area contributed by atoms with Crippen LogP contribution in [0.5, 0.6) is 0 Å². The summed E-state index contributed by atoms with van der Waals surface area (Å²) < 4.78 is 9.64. The zero-order valence-electron chi connectivity index (χ0n) is 11.7. The van der Waals surface area contributed by atoms with Gasteiger partial charge in [-0.2, -0.15) is 0 Å². The molecule has 4 nitrogen and oxygen atoms in total. The first kappa shape index (κ1) is 15.2. The Morgan fingerprint density at radius 3 is 2.53 bits per heavy atom. The Hall–Kier alpha value is -1.84. The summed E-state index contributed by atoms with van der Waals surface area (Å²) in [5.41, 5.74) is 2.50. The quantitative estimate of drug-likeness (QED) is 0.741. The van der Waals surface area contributed by atoms with Gasteiger partial charge in [0, 0.05) is 6.42 Å². The number of rotatable bonds is 6. The van der Waals surface area contributed by atoms with Crippen molar-refractivity contribution in [3.63, 3.8) is 0 Å². The largest absolute Gasteiger partial charge is 0.469 e. The van der Waals surface area contributed by atoms with E-state index in [-0.39, 0.29) is 18.4 Å². The number of methoxy groups -OCH3 is 1. The predicted octanol–water partition coefficient (Wildman–Crippen LogP) is 2.53. The van der Waals surface area contributed by atoms with E-state index >= 15 is 0 Å². The van der Waals surface area contributed by atoms with Gasteiger partial charge in [-0.25, -0.2) is 4.79 Å². The van der Waals surface area contributed by atoms with Crippen molar-refractivity contribution >= 4 is 11.9 Å². The summed E-state index contributed by atoms with van der Waals surface area (Å²) in [5, 5.41) is 0. The van der Waals surface area contributed by atoms with Gasteiger partial charge in [0.25, 0.3) is 0 Å². The molecule has 0 spiro atoms. The van der Waals surface area contributed by atoms with Gasteiger partial charge in [-0.1, -0.05) is 19.1 Å². The van der Waals surface area contributed by atoms with Gasteiger partial charge in [0.1, 0.15) is 0 Å². The summed E-state index contributed by atoms with van der Waals surface area (Å²) in [6, 6.07) is 5.63. The van der Waals surface area contributed by atoms with E-state index < -0.39 is 0 Å². The van der Waals surface area contributed by atoms with E-state index in [2.05, 4.69) is 4.74 Å². The highest BCUT2D eigenvalue weighted by Crippen LogP contribution is 2.16. The zero-order valence-corrected chi connectivity index (χ0v) is 11.7. The Labute approximate surface area is 113 Å². The molecule has 0 aliphatic rings. The smallest absolute Gasteiger partial charge is 0.338 e. The molecule has 19 heavy (non-hydrogen) atoms. The molecule has 1 rings (SSSR count). The van der Waals surface area contributed by atoms with Gasteiger partial charge in [-0.05, 0) is 37.0 Å². The average molecular weight is 264 g/mol. The van der Waals surface area contributed by atoms with Crippen molar-refractivity contribution in [3.8, 4) is 0 Å². The molecule has 0 atom stereocenters. The molecule has 0 bridgehead atoms. The van der Waals surface area contributed by atoms with E-state index in [9.17, 15) is 9.59 Å². The Kier molecular flexibility index (Phi) is 6.06. The monoisotopic (exact) mass is 264 g/mol. The van der Waals surface area contributed by atoms with Crippen LogP contribution >= 0.6 is 0 Å². The summed E-state index contributed by atoms with van der Waals surface area (Å²) in [7, 11) is 1.36. The van der Waals surface area contributed by atoms with Crippen molar-refractivity contribution in [2.24, 2.45) is 0 Å². The molecule has 0 aliphatic carbocycles. The highest BCUT2D eigenvalue weighted by atomic mass is 16.5.